The van der Waals surface area contributed by atoms with Gasteiger partial charge in [0.05, 0.1) is 4.92 Å². The summed E-state index contributed by atoms with van der Waals surface area (Å²) in [6, 6.07) is 4.13. The van der Waals surface area contributed by atoms with Crippen LogP contribution in [0.1, 0.15) is 32.8 Å². The van der Waals surface area contributed by atoms with Gasteiger partial charge in [0.25, 0.3) is 11.6 Å². The predicted molar refractivity (Wildman–Crippen MR) is 79.0 cm³/mol. The molecule has 0 heterocycles. The molecule has 21 heavy (non-hydrogen) atoms. The van der Waals surface area contributed by atoms with Crippen molar-refractivity contribution in [3.05, 3.63) is 33.9 Å². The van der Waals surface area contributed by atoms with Crippen LogP contribution in [0.4, 0.5) is 5.69 Å². The monoisotopic (exact) mass is 295 g/mol. The molecule has 0 atom stereocenters. The van der Waals surface area contributed by atoms with Crippen LogP contribution < -0.4 is 15.8 Å². The molecule has 0 aliphatic rings. The number of non-ortho nitro benzene ring substituents is 1. The Morgan fingerprint density at radius 2 is 2.14 bits per heavy atom. The fourth-order valence-corrected chi connectivity index (χ4v) is 1.62. The van der Waals surface area contributed by atoms with Gasteiger partial charge in [-0.25, -0.2) is 0 Å². The van der Waals surface area contributed by atoms with Crippen LogP contribution in [-0.4, -0.2) is 23.0 Å². The number of nitrogens with zero attached hydrogens (tertiary/aromatic N) is 1. The summed E-state index contributed by atoms with van der Waals surface area (Å²) in [6.45, 7) is 5.75. The molecule has 1 amide bonds. The van der Waals surface area contributed by atoms with E-state index in [4.69, 9.17) is 10.5 Å². The van der Waals surface area contributed by atoms with Crippen molar-refractivity contribution >= 4 is 11.6 Å². The molecule has 0 spiro atoms. The van der Waals surface area contributed by atoms with Crippen molar-refractivity contribution in [3.8, 4) is 5.75 Å². The molecular weight excluding hydrogens is 274 g/mol. The van der Waals surface area contributed by atoms with Crippen LogP contribution >= 0.6 is 0 Å². The lowest BCUT2D eigenvalue weighted by Crippen LogP contribution is -2.44. The van der Waals surface area contributed by atoms with Gasteiger partial charge in [-0.1, -0.05) is 6.92 Å². The molecule has 0 unspecified atom stereocenters. The van der Waals surface area contributed by atoms with E-state index in [-0.39, 0.29) is 30.3 Å². The maximum absolute atomic E-state index is 11.8. The highest BCUT2D eigenvalue weighted by atomic mass is 16.6. The predicted octanol–water partition coefficient (Wildman–Crippen LogP) is 1.74. The van der Waals surface area contributed by atoms with E-state index < -0.39 is 4.92 Å². The van der Waals surface area contributed by atoms with Gasteiger partial charge in [-0.3, -0.25) is 14.9 Å². The summed E-state index contributed by atoms with van der Waals surface area (Å²) in [5.74, 6) is 0.135. The number of carbonyl (C=O) groups excluding carboxylic acids is 1. The number of amides is 1. The second-order valence-electron chi connectivity index (χ2n) is 5.33. The minimum atomic E-state index is -0.501. The summed E-state index contributed by atoms with van der Waals surface area (Å²) in [4.78, 5) is 22.0. The lowest BCUT2D eigenvalue weighted by atomic mass is 10.0. The summed E-state index contributed by atoms with van der Waals surface area (Å²) in [6.07, 6.45) is 0.796. The van der Waals surface area contributed by atoms with Gasteiger partial charge in [-0.15, -0.1) is 0 Å². The van der Waals surface area contributed by atoms with Gasteiger partial charge < -0.3 is 15.8 Å². The lowest BCUT2D eigenvalue weighted by molar-refractivity contribution is -0.384. The average molecular weight is 295 g/mol. The number of benzene rings is 1. The zero-order chi connectivity index (χ0) is 16.0. The van der Waals surface area contributed by atoms with E-state index in [1.807, 2.05) is 20.8 Å². The largest absolute Gasteiger partial charge is 0.483 e. The third-order valence-electron chi connectivity index (χ3n) is 3.20. The Labute approximate surface area is 123 Å². The van der Waals surface area contributed by atoms with Crippen molar-refractivity contribution in [2.75, 3.05) is 6.61 Å². The molecule has 1 aromatic rings. The molecule has 0 aliphatic heterocycles. The number of nitrogens with one attached hydrogen (secondary N) is 1. The molecule has 0 saturated carbocycles. The van der Waals surface area contributed by atoms with E-state index in [0.717, 1.165) is 6.42 Å². The van der Waals surface area contributed by atoms with Gasteiger partial charge in [0.15, 0.2) is 6.61 Å². The molecule has 1 aromatic carbocycles. The summed E-state index contributed by atoms with van der Waals surface area (Å²) in [5.41, 5.74) is 5.68. The first-order valence-corrected chi connectivity index (χ1v) is 6.70. The normalized spacial score (nSPS) is 11.0. The number of ether oxygens (including phenoxy) is 1. The average Bonchev–Trinajstić information content (AvgIpc) is 2.44. The molecule has 116 valence electrons. The molecule has 0 saturated heterocycles. The summed E-state index contributed by atoms with van der Waals surface area (Å²) >= 11 is 0. The van der Waals surface area contributed by atoms with Gasteiger partial charge in [-0.2, -0.15) is 0 Å². The first-order chi connectivity index (χ1) is 9.79. The van der Waals surface area contributed by atoms with Gasteiger partial charge >= 0.3 is 0 Å². The molecule has 7 nitrogen and oxygen atoms in total. The highest BCUT2D eigenvalue weighted by Gasteiger charge is 2.18. The van der Waals surface area contributed by atoms with E-state index in [2.05, 4.69) is 5.32 Å². The van der Waals surface area contributed by atoms with E-state index in [9.17, 15) is 14.9 Å². The zero-order valence-electron chi connectivity index (χ0n) is 12.5. The molecule has 0 bridgehead atoms. The standard InChI is InChI=1S/C14H21N3O4/c1-4-14(2,3)16-13(18)9-21-12-6-5-11(17(19)20)7-10(12)8-15/h5-7H,4,8-9,15H2,1-3H3,(H,16,18). The lowest BCUT2D eigenvalue weighted by Gasteiger charge is -2.24. The number of rotatable bonds is 7. The Bertz CT molecular complexity index is 529. The molecular formula is C14H21N3O4. The molecule has 3 N–H and O–H groups in total. The summed E-state index contributed by atoms with van der Waals surface area (Å²) < 4.78 is 5.40. The molecule has 0 aromatic heterocycles. The van der Waals surface area contributed by atoms with Crippen LogP contribution in [0.2, 0.25) is 0 Å². The number of nitro benzene ring substituents is 1. The zero-order valence-corrected chi connectivity index (χ0v) is 12.5. The second kappa shape index (κ2) is 7.03. The Kier molecular flexibility index (Phi) is 5.66. The molecule has 0 radical (unpaired) electrons. The van der Waals surface area contributed by atoms with Crippen LogP contribution in [0.3, 0.4) is 0 Å². The number of hydrogen-bond donors (Lipinski definition) is 2. The minimum absolute atomic E-state index is 0.0561. The Balaban J connectivity index is 2.71. The summed E-state index contributed by atoms with van der Waals surface area (Å²) in [7, 11) is 0. The maximum atomic E-state index is 11.8. The van der Waals surface area contributed by atoms with Crippen LogP contribution in [0.25, 0.3) is 0 Å². The van der Waals surface area contributed by atoms with Crippen molar-refractivity contribution in [2.24, 2.45) is 5.73 Å². The fraction of sp³-hybridized carbons (Fsp3) is 0.500. The van der Waals surface area contributed by atoms with E-state index in [1.165, 1.54) is 18.2 Å². The third-order valence-corrected chi connectivity index (χ3v) is 3.20. The van der Waals surface area contributed by atoms with Crippen molar-refractivity contribution in [1.29, 1.82) is 0 Å². The number of nitrogens with two attached hydrogens (primary N) is 1. The first-order valence-electron chi connectivity index (χ1n) is 6.70. The van der Waals surface area contributed by atoms with Gasteiger partial charge in [0, 0.05) is 29.8 Å². The SMILES string of the molecule is CCC(C)(C)NC(=O)COc1ccc([N+](=O)[O-])cc1CN. The quantitative estimate of drug-likeness (QED) is 0.588. The molecule has 7 heteroatoms. The maximum Gasteiger partial charge on any atom is 0.270 e. The van der Waals surface area contributed by atoms with Crippen LogP contribution in [0.5, 0.6) is 5.75 Å². The van der Waals surface area contributed by atoms with Crippen LogP contribution in [-0.2, 0) is 11.3 Å². The van der Waals surface area contributed by atoms with E-state index in [1.54, 1.807) is 0 Å². The summed E-state index contributed by atoms with van der Waals surface area (Å²) in [5, 5.41) is 13.5. The van der Waals surface area contributed by atoms with Crippen molar-refractivity contribution < 1.29 is 14.5 Å². The third kappa shape index (κ3) is 5.03. The van der Waals surface area contributed by atoms with Gasteiger partial charge in [-0.05, 0) is 26.3 Å². The first kappa shape index (κ1) is 16.9. The van der Waals surface area contributed by atoms with E-state index >= 15 is 0 Å². The molecule has 0 aliphatic carbocycles. The van der Waals surface area contributed by atoms with Crippen LogP contribution in [0.15, 0.2) is 18.2 Å². The Morgan fingerprint density at radius 3 is 2.67 bits per heavy atom. The number of carbonyl (C=O) groups is 1. The van der Waals surface area contributed by atoms with Crippen molar-refractivity contribution in [1.82, 2.24) is 5.32 Å². The van der Waals surface area contributed by atoms with Crippen molar-refractivity contribution in [3.63, 3.8) is 0 Å². The van der Waals surface area contributed by atoms with Crippen molar-refractivity contribution in [2.45, 2.75) is 39.3 Å². The fourth-order valence-electron chi connectivity index (χ4n) is 1.62. The molecule has 0 fully saturated rings. The smallest absolute Gasteiger partial charge is 0.270 e. The second-order valence-corrected chi connectivity index (χ2v) is 5.33. The van der Waals surface area contributed by atoms with Gasteiger partial charge in [0.2, 0.25) is 0 Å². The highest BCUT2D eigenvalue weighted by Crippen LogP contribution is 2.23. The topological polar surface area (TPSA) is 107 Å². The van der Waals surface area contributed by atoms with E-state index in [0.29, 0.717) is 11.3 Å². The number of hydrogen-bond acceptors (Lipinski definition) is 5. The van der Waals surface area contributed by atoms with Gasteiger partial charge in [0.1, 0.15) is 5.75 Å². The Morgan fingerprint density at radius 1 is 1.48 bits per heavy atom. The minimum Gasteiger partial charge on any atom is -0.483 e. The number of nitro groups is 1. The Hall–Kier alpha value is -2.15. The van der Waals surface area contributed by atoms with Crippen LogP contribution in [0, 0.1) is 10.1 Å². The molecule has 1 rings (SSSR count). The highest BCUT2D eigenvalue weighted by molar-refractivity contribution is 5.78.